The quantitative estimate of drug-likeness (QED) is 0.346. The number of nitro groups is 1. The molecule has 1 aliphatic carbocycles. The van der Waals surface area contributed by atoms with Gasteiger partial charge in [0.1, 0.15) is 0 Å². The lowest BCUT2D eigenvalue weighted by Gasteiger charge is -2.36. The van der Waals surface area contributed by atoms with Crippen LogP contribution in [0.15, 0.2) is 0 Å². The zero-order valence-electron chi connectivity index (χ0n) is 9.78. The van der Waals surface area contributed by atoms with Crippen LogP contribution in [0.4, 0.5) is 0 Å². The minimum Gasteiger partial charge on any atom is -0.468 e. The van der Waals surface area contributed by atoms with E-state index in [-0.39, 0.29) is 23.4 Å². The summed E-state index contributed by atoms with van der Waals surface area (Å²) in [4.78, 5) is 21.4. The average molecular weight is 265 g/mol. The van der Waals surface area contributed by atoms with E-state index < -0.39 is 11.5 Å². The Kier molecular flexibility index (Phi) is 5.14. The Labute approximate surface area is 105 Å². The predicted molar refractivity (Wildman–Crippen MR) is 62.7 cm³/mol. The van der Waals surface area contributed by atoms with Crippen molar-refractivity contribution < 1.29 is 14.5 Å². The Morgan fingerprint density at radius 2 is 2.41 bits per heavy atom. The smallest absolute Gasteiger partial charge is 0.319 e. The number of esters is 1. The summed E-state index contributed by atoms with van der Waals surface area (Å²) >= 11 is 6.05. The summed E-state index contributed by atoms with van der Waals surface area (Å²) in [6.07, 6.45) is 2.86. The molecule has 6 nitrogen and oxygen atoms in total. The molecule has 7 heteroatoms. The molecule has 0 amide bonds. The molecular formula is C10H17ClN2O4. The minimum absolute atomic E-state index is 0.0199. The summed E-state index contributed by atoms with van der Waals surface area (Å²) in [5.74, 6) is -0.426. The molecule has 0 spiro atoms. The lowest BCUT2D eigenvalue weighted by molar-refractivity contribution is -0.492. The van der Waals surface area contributed by atoms with E-state index in [1.165, 1.54) is 7.11 Å². The van der Waals surface area contributed by atoms with Crippen LogP contribution in [0.5, 0.6) is 0 Å². The first kappa shape index (κ1) is 14.2. The molecule has 0 aromatic heterocycles. The molecule has 1 saturated carbocycles. The van der Waals surface area contributed by atoms with E-state index in [4.69, 9.17) is 11.6 Å². The monoisotopic (exact) mass is 264 g/mol. The molecule has 1 fully saturated rings. The molecule has 1 aliphatic rings. The molecule has 2 atom stereocenters. The summed E-state index contributed by atoms with van der Waals surface area (Å²) in [5, 5.41) is 13.6. The summed E-state index contributed by atoms with van der Waals surface area (Å²) in [7, 11) is 1.29. The van der Waals surface area contributed by atoms with Crippen LogP contribution in [-0.4, -0.2) is 42.0 Å². The highest BCUT2D eigenvalue weighted by Crippen LogP contribution is 2.31. The van der Waals surface area contributed by atoms with E-state index in [0.717, 1.165) is 12.8 Å². The van der Waals surface area contributed by atoms with Gasteiger partial charge in [-0.15, -0.1) is 11.6 Å². The molecule has 17 heavy (non-hydrogen) atoms. The van der Waals surface area contributed by atoms with Crippen molar-refractivity contribution in [3.05, 3.63) is 10.1 Å². The fourth-order valence-corrected chi connectivity index (χ4v) is 2.68. The zero-order chi connectivity index (χ0) is 12.9. The van der Waals surface area contributed by atoms with Crippen LogP contribution < -0.4 is 5.32 Å². The number of halogens is 1. The summed E-state index contributed by atoms with van der Waals surface area (Å²) < 4.78 is 4.51. The second-order valence-corrected chi connectivity index (χ2v) is 5.01. The van der Waals surface area contributed by atoms with Crippen molar-refractivity contribution in [3.8, 4) is 0 Å². The van der Waals surface area contributed by atoms with Crippen molar-refractivity contribution in [2.45, 2.75) is 36.6 Å². The number of methoxy groups -OCH3 is 1. The van der Waals surface area contributed by atoms with Crippen molar-refractivity contribution in [2.75, 3.05) is 20.2 Å². The topological polar surface area (TPSA) is 81.5 Å². The number of hydrogen-bond donors (Lipinski definition) is 1. The number of carbonyl (C=O) groups is 1. The first-order valence-electron chi connectivity index (χ1n) is 5.55. The second kappa shape index (κ2) is 6.16. The number of nitrogens with zero attached hydrogens (tertiary/aromatic N) is 1. The van der Waals surface area contributed by atoms with Gasteiger partial charge in [0.05, 0.1) is 19.2 Å². The number of alkyl halides is 1. The number of hydrogen-bond acceptors (Lipinski definition) is 5. The first-order chi connectivity index (χ1) is 7.97. The first-order valence-corrected chi connectivity index (χ1v) is 5.99. The molecule has 1 rings (SSSR count). The molecule has 0 saturated heterocycles. The number of ether oxygens (including phenoxy) is 1. The van der Waals surface area contributed by atoms with E-state index in [0.29, 0.717) is 12.8 Å². The van der Waals surface area contributed by atoms with Crippen LogP contribution in [-0.2, 0) is 9.53 Å². The van der Waals surface area contributed by atoms with Gasteiger partial charge in [0.25, 0.3) is 0 Å². The molecular weight excluding hydrogens is 248 g/mol. The molecule has 0 aromatic carbocycles. The summed E-state index contributed by atoms with van der Waals surface area (Å²) in [5.41, 5.74) is -0.678. The molecule has 98 valence electrons. The Morgan fingerprint density at radius 1 is 1.71 bits per heavy atom. The highest BCUT2D eigenvalue weighted by atomic mass is 35.5. The van der Waals surface area contributed by atoms with E-state index in [2.05, 4.69) is 10.1 Å². The number of rotatable bonds is 5. The van der Waals surface area contributed by atoms with Gasteiger partial charge in [0, 0.05) is 10.3 Å². The highest BCUT2D eigenvalue weighted by molar-refractivity contribution is 6.20. The molecule has 0 aromatic rings. The predicted octanol–water partition coefficient (Wildman–Crippen LogP) is 0.946. The van der Waals surface area contributed by atoms with Gasteiger partial charge in [0.15, 0.2) is 0 Å². The van der Waals surface area contributed by atoms with Crippen molar-refractivity contribution >= 4 is 17.6 Å². The lowest BCUT2D eigenvalue weighted by atomic mass is 9.81. The molecule has 2 unspecified atom stereocenters. The zero-order valence-corrected chi connectivity index (χ0v) is 10.5. The summed E-state index contributed by atoms with van der Waals surface area (Å²) in [6.45, 7) is -0.235. The Balaban J connectivity index is 2.64. The van der Waals surface area contributed by atoms with E-state index in [9.17, 15) is 14.9 Å². The molecule has 0 bridgehead atoms. The molecule has 1 N–H and O–H groups in total. The third kappa shape index (κ3) is 4.47. The van der Waals surface area contributed by atoms with Crippen LogP contribution in [0.25, 0.3) is 0 Å². The number of nitrogens with one attached hydrogen (secondary N) is 1. The van der Waals surface area contributed by atoms with E-state index in [1.807, 2.05) is 0 Å². The fraction of sp³-hybridized carbons (Fsp3) is 0.900. The molecule has 0 radical (unpaired) electrons. The van der Waals surface area contributed by atoms with Gasteiger partial charge in [0.2, 0.25) is 6.54 Å². The van der Waals surface area contributed by atoms with Gasteiger partial charge in [-0.3, -0.25) is 20.2 Å². The molecule has 0 heterocycles. The Morgan fingerprint density at radius 3 is 2.94 bits per heavy atom. The van der Waals surface area contributed by atoms with E-state index >= 15 is 0 Å². The van der Waals surface area contributed by atoms with Gasteiger partial charge in [-0.2, -0.15) is 0 Å². The van der Waals surface area contributed by atoms with Gasteiger partial charge in [-0.1, -0.05) is 0 Å². The van der Waals surface area contributed by atoms with Gasteiger partial charge in [-0.05, 0) is 25.7 Å². The molecule has 0 aliphatic heterocycles. The standard InChI is InChI=1S/C10H17ClN2O4/c1-17-9(14)6-12-10(7-13(15)16)4-2-3-8(11)5-10/h8,12H,2-7H2,1H3. The number of carbonyl (C=O) groups excluding carboxylic acids is 1. The van der Waals surface area contributed by atoms with E-state index in [1.54, 1.807) is 0 Å². The second-order valence-electron chi connectivity index (χ2n) is 4.39. The van der Waals surface area contributed by atoms with Crippen molar-refractivity contribution in [2.24, 2.45) is 0 Å². The van der Waals surface area contributed by atoms with Crippen LogP contribution in [0.2, 0.25) is 0 Å². The van der Waals surface area contributed by atoms with Crippen molar-refractivity contribution in [1.82, 2.24) is 5.32 Å². The van der Waals surface area contributed by atoms with Crippen LogP contribution in [0, 0.1) is 10.1 Å². The normalized spacial score (nSPS) is 28.7. The van der Waals surface area contributed by atoms with Crippen molar-refractivity contribution in [3.63, 3.8) is 0 Å². The third-order valence-electron chi connectivity index (χ3n) is 3.05. The fourth-order valence-electron chi connectivity index (χ4n) is 2.23. The van der Waals surface area contributed by atoms with Gasteiger partial charge < -0.3 is 4.74 Å². The maximum atomic E-state index is 11.1. The lowest BCUT2D eigenvalue weighted by Crippen LogP contribution is -2.55. The summed E-state index contributed by atoms with van der Waals surface area (Å²) in [6, 6.07) is 0. The maximum Gasteiger partial charge on any atom is 0.319 e. The largest absolute Gasteiger partial charge is 0.468 e. The maximum absolute atomic E-state index is 11.1. The van der Waals surface area contributed by atoms with Gasteiger partial charge in [-0.25, -0.2) is 0 Å². The SMILES string of the molecule is COC(=O)CNC1(C[N+](=O)[O-])CCCC(Cl)C1. The van der Waals surface area contributed by atoms with Crippen LogP contribution in [0.3, 0.4) is 0 Å². The minimum atomic E-state index is -0.678. The Hall–Kier alpha value is -0.880. The van der Waals surface area contributed by atoms with Crippen molar-refractivity contribution in [1.29, 1.82) is 0 Å². The van der Waals surface area contributed by atoms with Crippen LogP contribution in [0.1, 0.15) is 25.7 Å². The average Bonchev–Trinajstić information content (AvgIpc) is 2.25. The Bertz CT molecular complexity index is 300. The van der Waals surface area contributed by atoms with Crippen LogP contribution >= 0.6 is 11.6 Å². The highest BCUT2D eigenvalue weighted by Gasteiger charge is 2.40. The third-order valence-corrected chi connectivity index (χ3v) is 3.42. The van der Waals surface area contributed by atoms with Gasteiger partial charge >= 0.3 is 5.97 Å².